The first kappa shape index (κ1) is 17.2. The van der Waals surface area contributed by atoms with Gasteiger partial charge in [0.2, 0.25) is 5.91 Å². The molecule has 1 atom stereocenters. The first-order chi connectivity index (χ1) is 11.7. The van der Waals surface area contributed by atoms with Gasteiger partial charge in [-0.25, -0.2) is 0 Å². The van der Waals surface area contributed by atoms with Gasteiger partial charge in [0.15, 0.2) is 0 Å². The lowest BCUT2D eigenvalue weighted by atomic mass is 10.2. The standard InChI is InChI=1S/C18H26N4OS/c1-16(4-10-22-9-2-6-19-22)20-7-3-8-21(12-11-20)18(23)14-17-5-13-24-15-17/h2,5-6,9,13,15-16H,3-4,7-8,10-12,14H2,1H3. The maximum atomic E-state index is 12.5. The van der Waals surface area contributed by atoms with E-state index in [1.165, 1.54) is 0 Å². The molecule has 1 unspecified atom stereocenters. The molecular formula is C18H26N4OS. The number of nitrogens with zero attached hydrogens (tertiary/aromatic N) is 4. The van der Waals surface area contributed by atoms with E-state index in [4.69, 9.17) is 0 Å². The second kappa shape index (κ2) is 8.44. The Hall–Kier alpha value is -1.66. The molecule has 3 heterocycles. The molecule has 0 aliphatic carbocycles. The molecule has 6 heteroatoms. The smallest absolute Gasteiger partial charge is 0.227 e. The Labute approximate surface area is 147 Å². The second-order valence-electron chi connectivity index (χ2n) is 6.49. The summed E-state index contributed by atoms with van der Waals surface area (Å²) in [6.45, 7) is 7.00. The van der Waals surface area contributed by atoms with E-state index in [0.717, 1.165) is 51.1 Å². The number of hydrogen-bond acceptors (Lipinski definition) is 4. The van der Waals surface area contributed by atoms with Gasteiger partial charge in [-0.15, -0.1) is 0 Å². The van der Waals surface area contributed by atoms with Crippen molar-refractivity contribution in [2.75, 3.05) is 26.2 Å². The molecule has 5 nitrogen and oxygen atoms in total. The molecule has 24 heavy (non-hydrogen) atoms. The van der Waals surface area contributed by atoms with E-state index in [1.54, 1.807) is 11.3 Å². The van der Waals surface area contributed by atoms with Gasteiger partial charge in [-0.05, 0) is 48.2 Å². The molecule has 130 valence electrons. The molecule has 3 rings (SSSR count). The zero-order chi connectivity index (χ0) is 16.8. The van der Waals surface area contributed by atoms with E-state index >= 15 is 0 Å². The van der Waals surface area contributed by atoms with Gasteiger partial charge in [0.25, 0.3) is 0 Å². The van der Waals surface area contributed by atoms with Crippen molar-refractivity contribution in [2.45, 2.75) is 38.8 Å². The fraction of sp³-hybridized carbons (Fsp3) is 0.556. The van der Waals surface area contributed by atoms with Crippen LogP contribution < -0.4 is 0 Å². The van der Waals surface area contributed by atoms with Crippen molar-refractivity contribution < 1.29 is 4.79 Å². The van der Waals surface area contributed by atoms with Crippen molar-refractivity contribution in [3.8, 4) is 0 Å². The van der Waals surface area contributed by atoms with Crippen LogP contribution in [0.25, 0.3) is 0 Å². The minimum Gasteiger partial charge on any atom is -0.341 e. The zero-order valence-corrected chi connectivity index (χ0v) is 15.1. The number of hydrogen-bond donors (Lipinski definition) is 0. The summed E-state index contributed by atoms with van der Waals surface area (Å²) in [6, 6.07) is 4.53. The number of aryl methyl sites for hydroxylation is 1. The highest BCUT2D eigenvalue weighted by atomic mass is 32.1. The van der Waals surface area contributed by atoms with Crippen molar-refractivity contribution in [1.29, 1.82) is 0 Å². The van der Waals surface area contributed by atoms with Gasteiger partial charge < -0.3 is 4.90 Å². The quantitative estimate of drug-likeness (QED) is 0.807. The molecule has 0 aromatic carbocycles. The molecule has 0 N–H and O–H groups in total. The normalized spacial score (nSPS) is 17.6. The van der Waals surface area contributed by atoms with Crippen LogP contribution in [0.3, 0.4) is 0 Å². The highest BCUT2D eigenvalue weighted by Crippen LogP contribution is 2.13. The lowest BCUT2D eigenvalue weighted by Gasteiger charge is -2.27. The maximum absolute atomic E-state index is 12.5. The van der Waals surface area contributed by atoms with Gasteiger partial charge in [0.1, 0.15) is 0 Å². The van der Waals surface area contributed by atoms with Crippen molar-refractivity contribution in [3.05, 3.63) is 40.8 Å². The summed E-state index contributed by atoms with van der Waals surface area (Å²) in [5.41, 5.74) is 1.14. The Morgan fingerprint density at radius 3 is 3.00 bits per heavy atom. The van der Waals surface area contributed by atoms with Gasteiger partial charge in [-0.1, -0.05) is 0 Å². The third kappa shape index (κ3) is 4.68. The zero-order valence-electron chi connectivity index (χ0n) is 14.3. The highest BCUT2D eigenvalue weighted by Gasteiger charge is 2.22. The predicted octanol–water partition coefficient (Wildman–Crippen LogP) is 2.50. The van der Waals surface area contributed by atoms with Crippen LogP contribution in [0, 0.1) is 0 Å². The Kier molecular flexibility index (Phi) is 6.04. The third-order valence-corrected chi connectivity index (χ3v) is 5.51. The topological polar surface area (TPSA) is 41.4 Å². The van der Waals surface area contributed by atoms with Gasteiger partial charge in [0, 0.05) is 51.2 Å². The summed E-state index contributed by atoms with van der Waals surface area (Å²) in [5, 5.41) is 8.37. The van der Waals surface area contributed by atoms with E-state index in [2.05, 4.69) is 22.3 Å². The van der Waals surface area contributed by atoms with Gasteiger partial charge in [-0.2, -0.15) is 16.4 Å². The SMILES string of the molecule is CC(CCn1cccn1)N1CCCN(C(=O)Cc2ccsc2)CC1. The molecule has 1 amide bonds. The summed E-state index contributed by atoms with van der Waals surface area (Å²) in [5.74, 6) is 0.263. The van der Waals surface area contributed by atoms with Crippen LogP contribution in [-0.2, 0) is 17.8 Å². The predicted molar refractivity (Wildman–Crippen MR) is 97.1 cm³/mol. The number of amides is 1. The molecule has 0 radical (unpaired) electrons. The fourth-order valence-corrected chi connectivity index (χ4v) is 3.91. The Balaban J connectivity index is 1.46. The second-order valence-corrected chi connectivity index (χ2v) is 7.27. The van der Waals surface area contributed by atoms with Gasteiger partial charge in [-0.3, -0.25) is 14.4 Å². The van der Waals surface area contributed by atoms with E-state index in [-0.39, 0.29) is 5.91 Å². The lowest BCUT2D eigenvalue weighted by molar-refractivity contribution is -0.130. The van der Waals surface area contributed by atoms with Crippen LogP contribution in [0.15, 0.2) is 35.3 Å². The average molecular weight is 346 g/mol. The summed E-state index contributed by atoms with van der Waals surface area (Å²) >= 11 is 1.65. The molecule has 0 bridgehead atoms. The highest BCUT2D eigenvalue weighted by molar-refractivity contribution is 7.07. The van der Waals surface area contributed by atoms with Crippen molar-refractivity contribution in [1.82, 2.24) is 19.6 Å². The molecule has 1 fully saturated rings. The molecule has 2 aromatic rings. The summed E-state index contributed by atoms with van der Waals surface area (Å²) < 4.78 is 1.99. The summed E-state index contributed by atoms with van der Waals surface area (Å²) in [6.07, 6.45) is 6.53. The lowest BCUT2D eigenvalue weighted by Crippen LogP contribution is -2.39. The minimum absolute atomic E-state index is 0.263. The molecule has 1 aliphatic heterocycles. The van der Waals surface area contributed by atoms with E-state index in [0.29, 0.717) is 12.5 Å². The van der Waals surface area contributed by atoms with E-state index in [1.807, 2.05) is 39.5 Å². The van der Waals surface area contributed by atoms with Crippen LogP contribution in [0.2, 0.25) is 0 Å². The minimum atomic E-state index is 0.263. The summed E-state index contributed by atoms with van der Waals surface area (Å²) in [7, 11) is 0. The first-order valence-corrected chi connectivity index (χ1v) is 9.67. The van der Waals surface area contributed by atoms with Crippen molar-refractivity contribution >= 4 is 17.2 Å². The van der Waals surface area contributed by atoms with Crippen LogP contribution in [0.4, 0.5) is 0 Å². The molecule has 1 aliphatic rings. The van der Waals surface area contributed by atoms with Crippen LogP contribution in [-0.4, -0.2) is 57.7 Å². The third-order valence-electron chi connectivity index (χ3n) is 4.78. The Morgan fingerprint density at radius 2 is 2.25 bits per heavy atom. The number of aromatic nitrogens is 2. The number of carbonyl (C=O) groups excluding carboxylic acids is 1. The number of carbonyl (C=O) groups is 1. The number of thiophene rings is 1. The van der Waals surface area contributed by atoms with Crippen LogP contribution in [0.5, 0.6) is 0 Å². The van der Waals surface area contributed by atoms with E-state index in [9.17, 15) is 4.79 Å². The van der Waals surface area contributed by atoms with Crippen LogP contribution in [0.1, 0.15) is 25.3 Å². The molecule has 1 saturated heterocycles. The first-order valence-electron chi connectivity index (χ1n) is 8.72. The monoisotopic (exact) mass is 346 g/mol. The molecular weight excluding hydrogens is 320 g/mol. The van der Waals surface area contributed by atoms with E-state index < -0.39 is 0 Å². The average Bonchev–Trinajstić information content (AvgIpc) is 3.22. The Morgan fingerprint density at radius 1 is 1.33 bits per heavy atom. The Bertz CT molecular complexity index is 611. The number of rotatable bonds is 6. The largest absolute Gasteiger partial charge is 0.341 e. The van der Waals surface area contributed by atoms with Crippen molar-refractivity contribution in [3.63, 3.8) is 0 Å². The molecule has 0 spiro atoms. The van der Waals surface area contributed by atoms with Gasteiger partial charge >= 0.3 is 0 Å². The van der Waals surface area contributed by atoms with Gasteiger partial charge in [0.05, 0.1) is 6.42 Å². The summed E-state index contributed by atoms with van der Waals surface area (Å²) in [4.78, 5) is 17.0. The maximum Gasteiger partial charge on any atom is 0.227 e. The van der Waals surface area contributed by atoms with Crippen molar-refractivity contribution in [2.24, 2.45) is 0 Å². The fourth-order valence-electron chi connectivity index (χ4n) is 3.24. The molecule has 2 aromatic heterocycles. The molecule has 0 saturated carbocycles. The van der Waals surface area contributed by atoms with Crippen LogP contribution >= 0.6 is 11.3 Å².